The number of carbonyl (C=O) groups is 1. The maximum Gasteiger partial charge on any atom is 0.258 e. The summed E-state index contributed by atoms with van der Waals surface area (Å²) in [5.41, 5.74) is -0.194. The predicted octanol–water partition coefficient (Wildman–Crippen LogP) is 3.79. The van der Waals surface area contributed by atoms with Crippen molar-refractivity contribution in [1.82, 2.24) is 5.32 Å². The molecule has 0 spiro atoms. The third-order valence-electron chi connectivity index (χ3n) is 3.20. The molecular weight excluding hydrogens is 330 g/mol. The van der Waals surface area contributed by atoms with Crippen molar-refractivity contribution < 1.29 is 9.53 Å². The van der Waals surface area contributed by atoms with Crippen molar-refractivity contribution in [3.63, 3.8) is 0 Å². The molecule has 1 N–H and O–H groups in total. The van der Waals surface area contributed by atoms with Gasteiger partial charge in [-0.1, -0.05) is 41.4 Å². The van der Waals surface area contributed by atoms with Gasteiger partial charge in [-0.15, -0.1) is 0 Å². The van der Waals surface area contributed by atoms with E-state index in [-0.39, 0.29) is 18.1 Å². The van der Waals surface area contributed by atoms with Crippen molar-refractivity contribution >= 4 is 33.4 Å². The maximum atomic E-state index is 11.9. The number of carbonyl (C=O) groups excluding carboxylic acids is 1. The smallest absolute Gasteiger partial charge is 0.258 e. The van der Waals surface area contributed by atoms with Crippen LogP contribution in [0.2, 0.25) is 5.02 Å². The van der Waals surface area contributed by atoms with Gasteiger partial charge >= 0.3 is 0 Å². The SMILES string of the molecule is CCC(CC)(CBr)NC(=O)COc1ccc(Cl)cc1. The molecule has 0 radical (unpaired) electrons. The molecule has 0 bridgehead atoms. The minimum atomic E-state index is -0.194. The normalized spacial score (nSPS) is 11.2. The first kappa shape index (κ1) is 16.3. The van der Waals surface area contributed by atoms with Crippen molar-refractivity contribution in [2.75, 3.05) is 11.9 Å². The summed E-state index contributed by atoms with van der Waals surface area (Å²) in [5.74, 6) is 0.523. The highest BCUT2D eigenvalue weighted by molar-refractivity contribution is 9.09. The van der Waals surface area contributed by atoms with Gasteiger partial charge in [-0.25, -0.2) is 0 Å². The molecule has 0 unspecified atom stereocenters. The molecule has 0 fully saturated rings. The zero-order chi connectivity index (χ0) is 14.3. The minimum absolute atomic E-state index is 0.0103. The average Bonchev–Trinajstić information content (AvgIpc) is 2.44. The van der Waals surface area contributed by atoms with Crippen LogP contribution in [0.25, 0.3) is 0 Å². The first-order chi connectivity index (χ1) is 9.05. The molecule has 1 rings (SSSR count). The van der Waals surface area contributed by atoms with E-state index in [2.05, 4.69) is 35.1 Å². The van der Waals surface area contributed by atoms with Crippen molar-refractivity contribution in [2.24, 2.45) is 0 Å². The standard InChI is InChI=1S/C14H19BrClNO2/c1-3-14(4-2,10-15)17-13(18)9-19-12-7-5-11(16)6-8-12/h5-8H,3-4,9-10H2,1-2H3,(H,17,18). The molecule has 0 aliphatic heterocycles. The number of hydrogen-bond acceptors (Lipinski definition) is 2. The molecule has 0 aromatic heterocycles. The molecule has 0 heterocycles. The van der Waals surface area contributed by atoms with E-state index in [1.165, 1.54) is 0 Å². The second kappa shape index (κ2) is 7.75. The zero-order valence-corrected chi connectivity index (χ0v) is 13.6. The van der Waals surface area contributed by atoms with E-state index in [0.717, 1.165) is 18.2 Å². The third kappa shape index (κ3) is 5.03. The summed E-state index contributed by atoms with van der Waals surface area (Å²) < 4.78 is 5.42. The quantitative estimate of drug-likeness (QED) is 0.761. The number of nitrogens with one attached hydrogen (secondary N) is 1. The largest absolute Gasteiger partial charge is 0.484 e. The summed E-state index contributed by atoms with van der Waals surface area (Å²) >= 11 is 9.23. The molecule has 1 amide bonds. The lowest BCUT2D eigenvalue weighted by molar-refractivity contribution is -0.124. The van der Waals surface area contributed by atoms with E-state index < -0.39 is 0 Å². The monoisotopic (exact) mass is 347 g/mol. The maximum absolute atomic E-state index is 11.9. The summed E-state index contributed by atoms with van der Waals surface area (Å²) in [6, 6.07) is 6.95. The highest BCUT2D eigenvalue weighted by Gasteiger charge is 2.26. The summed E-state index contributed by atoms with van der Waals surface area (Å²) in [6.45, 7) is 4.13. The van der Waals surface area contributed by atoms with Gasteiger partial charge in [0.2, 0.25) is 0 Å². The molecule has 1 aromatic carbocycles. The van der Waals surface area contributed by atoms with Crippen LogP contribution in [0.1, 0.15) is 26.7 Å². The second-order valence-corrected chi connectivity index (χ2v) is 5.41. The Morgan fingerprint density at radius 3 is 2.37 bits per heavy atom. The zero-order valence-electron chi connectivity index (χ0n) is 11.2. The fraction of sp³-hybridized carbons (Fsp3) is 0.500. The summed E-state index contributed by atoms with van der Waals surface area (Å²) in [7, 11) is 0. The van der Waals surface area contributed by atoms with E-state index >= 15 is 0 Å². The summed E-state index contributed by atoms with van der Waals surface area (Å²) in [6.07, 6.45) is 1.75. The first-order valence-corrected chi connectivity index (χ1v) is 7.80. The Hall–Kier alpha value is -0.740. The molecular formula is C14H19BrClNO2. The topological polar surface area (TPSA) is 38.3 Å². The number of rotatable bonds is 7. The Bertz CT molecular complexity index is 396. The van der Waals surface area contributed by atoms with Gasteiger partial charge in [0, 0.05) is 15.9 Å². The molecule has 3 nitrogen and oxygen atoms in total. The third-order valence-corrected chi connectivity index (χ3v) is 4.52. The minimum Gasteiger partial charge on any atom is -0.484 e. The molecule has 0 aliphatic rings. The molecule has 0 atom stereocenters. The predicted molar refractivity (Wildman–Crippen MR) is 82.2 cm³/mol. The van der Waals surface area contributed by atoms with Crippen LogP contribution in [0.5, 0.6) is 5.75 Å². The number of benzene rings is 1. The lowest BCUT2D eigenvalue weighted by Crippen LogP contribution is -2.50. The highest BCUT2D eigenvalue weighted by Crippen LogP contribution is 2.18. The van der Waals surface area contributed by atoms with Crippen molar-refractivity contribution in [1.29, 1.82) is 0 Å². The number of amides is 1. The van der Waals surface area contributed by atoms with E-state index in [1.807, 2.05) is 0 Å². The molecule has 0 saturated carbocycles. The second-order valence-electron chi connectivity index (χ2n) is 4.41. The number of halogens is 2. The fourth-order valence-electron chi connectivity index (χ4n) is 1.66. The summed E-state index contributed by atoms with van der Waals surface area (Å²) in [4.78, 5) is 11.9. The lowest BCUT2D eigenvalue weighted by Gasteiger charge is -2.30. The van der Waals surface area contributed by atoms with Crippen LogP contribution < -0.4 is 10.1 Å². The van der Waals surface area contributed by atoms with E-state index in [9.17, 15) is 4.79 Å². The van der Waals surface area contributed by atoms with Crippen LogP contribution in [-0.4, -0.2) is 23.4 Å². The Labute approximate surface area is 127 Å². The lowest BCUT2D eigenvalue weighted by atomic mass is 9.95. The number of hydrogen-bond donors (Lipinski definition) is 1. The van der Waals surface area contributed by atoms with Crippen LogP contribution in [0.3, 0.4) is 0 Å². The average molecular weight is 349 g/mol. The molecule has 0 saturated heterocycles. The molecule has 5 heteroatoms. The van der Waals surface area contributed by atoms with Crippen molar-refractivity contribution in [2.45, 2.75) is 32.2 Å². The van der Waals surface area contributed by atoms with E-state index in [4.69, 9.17) is 16.3 Å². The number of ether oxygens (including phenoxy) is 1. The van der Waals surface area contributed by atoms with Gasteiger partial charge in [-0.2, -0.15) is 0 Å². The fourth-order valence-corrected chi connectivity index (χ4v) is 2.72. The summed E-state index contributed by atoms with van der Waals surface area (Å²) in [5, 5.41) is 4.41. The Morgan fingerprint density at radius 1 is 1.32 bits per heavy atom. The van der Waals surface area contributed by atoms with Gasteiger partial charge in [0.25, 0.3) is 5.91 Å². The first-order valence-electron chi connectivity index (χ1n) is 6.30. The van der Waals surface area contributed by atoms with Crippen molar-refractivity contribution in [3.05, 3.63) is 29.3 Å². The molecule has 1 aromatic rings. The van der Waals surface area contributed by atoms with Crippen LogP contribution >= 0.6 is 27.5 Å². The van der Waals surface area contributed by atoms with Gasteiger partial charge in [0.1, 0.15) is 5.75 Å². The van der Waals surface area contributed by atoms with Gasteiger partial charge in [-0.3, -0.25) is 4.79 Å². The Balaban J connectivity index is 2.49. The van der Waals surface area contributed by atoms with Gasteiger partial charge in [0.05, 0.1) is 0 Å². The van der Waals surface area contributed by atoms with Crippen LogP contribution in [-0.2, 0) is 4.79 Å². The van der Waals surface area contributed by atoms with Gasteiger partial charge < -0.3 is 10.1 Å². The van der Waals surface area contributed by atoms with E-state index in [0.29, 0.717) is 10.8 Å². The highest BCUT2D eigenvalue weighted by atomic mass is 79.9. The number of alkyl halides is 1. The van der Waals surface area contributed by atoms with Crippen LogP contribution in [0.4, 0.5) is 0 Å². The van der Waals surface area contributed by atoms with E-state index in [1.54, 1.807) is 24.3 Å². The van der Waals surface area contributed by atoms with Crippen LogP contribution in [0, 0.1) is 0 Å². The van der Waals surface area contributed by atoms with Gasteiger partial charge in [0.15, 0.2) is 6.61 Å². The van der Waals surface area contributed by atoms with Crippen LogP contribution in [0.15, 0.2) is 24.3 Å². The van der Waals surface area contributed by atoms with Crippen molar-refractivity contribution in [3.8, 4) is 5.75 Å². The van der Waals surface area contributed by atoms with Gasteiger partial charge in [-0.05, 0) is 37.1 Å². The Morgan fingerprint density at radius 2 is 1.89 bits per heavy atom. The molecule has 0 aliphatic carbocycles. The Kier molecular flexibility index (Phi) is 6.66. The molecule has 106 valence electrons. The molecule has 19 heavy (non-hydrogen) atoms.